The van der Waals surface area contributed by atoms with Gasteiger partial charge in [-0.25, -0.2) is 0 Å². The van der Waals surface area contributed by atoms with Gasteiger partial charge in [0.05, 0.1) is 17.1 Å². The second-order valence-corrected chi connectivity index (χ2v) is 4.69. The zero-order chi connectivity index (χ0) is 14.3. The van der Waals surface area contributed by atoms with Crippen molar-refractivity contribution in [3.05, 3.63) is 47.5 Å². The number of rotatable bonds is 1. The zero-order valence-electron chi connectivity index (χ0n) is 11.0. The minimum Gasteiger partial charge on any atom is -0.397 e. The number of hydrazone groups is 1. The van der Waals surface area contributed by atoms with Crippen LogP contribution in [0.1, 0.15) is 18.1 Å². The number of hydrogen-bond donors (Lipinski definition) is 3. The topological polar surface area (TPSA) is 93.5 Å². The second kappa shape index (κ2) is 4.38. The fourth-order valence-electron chi connectivity index (χ4n) is 2.54. The van der Waals surface area contributed by atoms with Crippen molar-refractivity contribution in [1.82, 2.24) is 0 Å². The van der Waals surface area contributed by atoms with Crippen molar-refractivity contribution in [2.24, 2.45) is 10.9 Å². The number of nitrogens with one attached hydrogen (secondary N) is 1. The van der Waals surface area contributed by atoms with Gasteiger partial charge in [-0.3, -0.25) is 4.79 Å². The van der Waals surface area contributed by atoms with Crippen molar-refractivity contribution >= 4 is 23.0 Å². The molecule has 0 heterocycles. The third-order valence-electron chi connectivity index (χ3n) is 3.36. The Morgan fingerprint density at radius 2 is 1.80 bits per heavy atom. The van der Waals surface area contributed by atoms with Gasteiger partial charge in [-0.05, 0) is 23.3 Å². The average Bonchev–Trinajstić information content (AvgIpc) is 2.72. The Labute approximate surface area is 116 Å². The van der Waals surface area contributed by atoms with Gasteiger partial charge < -0.3 is 16.9 Å². The van der Waals surface area contributed by atoms with Crippen molar-refractivity contribution in [1.29, 1.82) is 0 Å². The van der Waals surface area contributed by atoms with E-state index in [0.29, 0.717) is 17.1 Å². The van der Waals surface area contributed by atoms with Crippen molar-refractivity contribution in [3.8, 4) is 11.1 Å². The molecule has 5 N–H and O–H groups in total. The van der Waals surface area contributed by atoms with E-state index < -0.39 is 0 Å². The molecule has 0 unspecified atom stereocenters. The van der Waals surface area contributed by atoms with Crippen LogP contribution in [0, 0.1) is 0 Å². The standard InChI is InChI=1S/C15H14N4O/c1-8(20)18-14-7-12-11(6-13(14)16)9-4-2-3-5-10(9)15(12)19-17/h2-7H,16-17H2,1H3,(H,18,20). The highest BCUT2D eigenvalue weighted by molar-refractivity contribution is 6.25. The Kier molecular flexibility index (Phi) is 2.68. The molecule has 2 aromatic carbocycles. The summed E-state index contributed by atoms with van der Waals surface area (Å²) < 4.78 is 0. The first-order chi connectivity index (χ1) is 9.61. The van der Waals surface area contributed by atoms with E-state index in [2.05, 4.69) is 10.4 Å². The molecule has 0 fully saturated rings. The average molecular weight is 266 g/mol. The van der Waals surface area contributed by atoms with Gasteiger partial charge >= 0.3 is 0 Å². The second-order valence-electron chi connectivity index (χ2n) is 4.69. The summed E-state index contributed by atoms with van der Waals surface area (Å²) in [7, 11) is 0. The quantitative estimate of drug-likeness (QED) is 0.357. The Bertz CT molecular complexity index is 750. The monoisotopic (exact) mass is 266 g/mol. The maximum atomic E-state index is 11.2. The van der Waals surface area contributed by atoms with E-state index >= 15 is 0 Å². The number of fused-ring (bicyclic) bond motifs is 3. The summed E-state index contributed by atoms with van der Waals surface area (Å²) in [5.41, 5.74) is 11.7. The van der Waals surface area contributed by atoms with Gasteiger partial charge in [0.1, 0.15) is 0 Å². The molecule has 0 spiro atoms. The normalized spacial score (nSPS) is 13.9. The van der Waals surface area contributed by atoms with Gasteiger partial charge in [0.25, 0.3) is 0 Å². The van der Waals surface area contributed by atoms with Crippen LogP contribution in [0.15, 0.2) is 41.5 Å². The Hall–Kier alpha value is -2.82. The lowest BCUT2D eigenvalue weighted by molar-refractivity contribution is -0.114. The molecule has 0 atom stereocenters. The van der Waals surface area contributed by atoms with Crippen LogP contribution in [-0.2, 0) is 4.79 Å². The minimum absolute atomic E-state index is 0.168. The predicted molar refractivity (Wildman–Crippen MR) is 80.4 cm³/mol. The first kappa shape index (κ1) is 12.2. The molecule has 100 valence electrons. The fourth-order valence-corrected chi connectivity index (χ4v) is 2.54. The van der Waals surface area contributed by atoms with Crippen LogP contribution in [0.3, 0.4) is 0 Å². The first-order valence-corrected chi connectivity index (χ1v) is 6.21. The van der Waals surface area contributed by atoms with Gasteiger partial charge in [0.2, 0.25) is 5.91 Å². The molecule has 1 aliphatic carbocycles. The van der Waals surface area contributed by atoms with Gasteiger partial charge in [-0.2, -0.15) is 5.10 Å². The summed E-state index contributed by atoms with van der Waals surface area (Å²) in [5.74, 6) is 5.35. The van der Waals surface area contributed by atoms with Crippen LogP contribution < -0.4 is 16.9 Å². The van der Waals surface area contributed by atoms with Gasteiger partial charge in [0, 0.05) is 18.1 Å². The fraction of sp³-hybridized carbons (Fsp3) is 0.0667. The number of amides is 1. The number of nitrogens with zero attached hydrogens (tertiary/aromatic N) is 1. The molecule has 0 aromatic heterocycles. The predicted octanol–water partition coefficient (Wildman–Crippen LogP) is 1.92. The number of carbonyl (C=O) groups is 1. The lowest BCUT2D eigenvalue weighted by Crippen LogP contribution is -2.09. The smallest absolute Gasteiger partial charge is 0.221 e. The summed E-state index contributed by atoms with van der Waals surface area (Å²) >= 11 is 0. The van der Waals surface area contributed by atoms with Gasteiger partial charge in [0.15, 0.2) is 0 Å². The van der Waals surface area contributed by atoms with Gasteiger partial charge in [-0.15, -0.1) is 0 Å². The molecule has 5 nitrogen and oxygen atoms in total. The number of carbonyl (C=O) groups excluding carboxylic acids is 1. The SMILES string of the molecule is CC(=O)Nc1cc2c(cc1N)-c1ccccc1C2=NN. The largest absolute Gasteiger partial charge is 0.397 e. The molecule has 3 rings (SSSR count). The van der Waals surface area contributed by atoms with Crippen LogP contribution in [0.5, 0.6) is 0 Å². The summed E-state index contributed by atoms with van der Waals surface area (Å²) in [6.45, 7) is 1.44. The first-order valence-electron chi connectivity index (χ1n) is 6.21. The van der Waals surface area contributed by atoms with Crippen LogP contribution >= 0.6 is 0 Å². The molecule has 1 amide bonds. The minimum atomic E-state index is -0.168. The van der Waals surface area contributed by atoms with Crippen LogP contribution in [-0.4, -0.2) is 11.6 Å². The van der Waals surface area contributed by atoms with E-state index in [1.165, 1.54) is 6.92 Å². The van der Waals surface area contributed by atoms with E-state index in [1.54, 1.807) is 0 Å². The Balaban J connectivity index is 2.24. The van der Waals surface area contributed by atoms with Crippen LogP contribution in [0.4, 0.5) is 11.4 Å². The molecule has 0 aliphatic heterocycles. The summed E-state index contributed by atoms with van der Waals surface area (Å²) in [6.07, 6.45) is 0. The van der Waals surface area contributed by atoms with Crippen molar-refractivity contribution in [2.75, 3.05) is 11.1 Å². The number of nitrogen functional groups attached to an aromatic ring is 1. The van der Waals surface area contributed by atoms with Crippen molar-refractivity contribution in [2.45, 2.75) is 6.92 Å². The summed E-state index contributed by atoms with van der Waals surface area (Å²) in [4.78, 5) is 11.2. The molecule has 0 saturated carbocycles. The van der Waals surface area contributed by atoms with E-state index in [-0.39, 0.29) is 5.91 Å². The third-order valence-corrected chi connectivity index (χ3v) is 3.36. The molecule has 5 heteroatoms. The Morgan fingerprint density at radius 1 is 1.10 bits per heavy atom. The van der Waals surface area contributed by atoms with E-state index in [4.69, 9.17) is 11.6 Å². The van der Waals surface area contributed by atoms with E-state index in [1.807, 2.05) is 36.4 Å². The lowest BCUT2D eigenvalue weighted by Gasteiger charge is -2.09. The molecular weight excluding hydrogens is 252 g/mol. The van der Waals surface area contributed by atoms with Crippen molar-refractivity contribution < 1.29 is 4.79 Å². The number of nitrogens with two attached hydrogens (primary N) is 2. The number of benzene rings is 2. The Morgan fingerprint density at radius 3 is 2.45 bits per heavy atom. The molecular formula is C15H14N4O. The van der Waals surface area contributed by atoms with E-state index in [0.717, 1.165) is 22.3 Å². The number of anilines is 2. The lowest BCUT2D eigenvalue weighted by atomic mass is 10.0. The zero-order valence-corrected chi connectivity index (χ0v) is 11.0. The molecule has 0 saturated heterocycles. The summed E-state index contributed by atoms with van der Waals surface area (Å²) in [6, 6.07) is 11.5. The third kappa shape index (κ3) is 1.72. The highest BCUT2D eigenvalue weighted by atomic mass is 16.1. The number of hydrogen-bond acceptors (Lipinski definition) is 4. The summed E-state index contributed by atoms with van der Waals surface area (Å²) in [5, 5.41) is 6.60. The maximum Gasteiger partial charge on any atom is 0.221 e. The molecule has 20 heavy (non-hydrogen) atoms. The van der Waals surface area contributed by atoms with Crippen molar-refractivity contribution in [3.63, 3.8) is 0 Å². The highest BCUT2D eigenvalue weighted by Gasteiger charge is 2.25. The van der Waals surface area contributed by atoms with Gasteiger partial charge in [-0.1, -0.05) is 24.3 Å². The molecule has 0 radical (unpaired) electrons. The highest BCUT2D eigenvalue weighted by Crippen LogP contribution is 2.40. The molecule has 1 aliphatic rings. The van der Waals surface area contributed by atoms with Crippen LogP contribution in [0.25, 0.3) is 11.1 Å². The van der Waals surface area contributed by atoms with E-state index in [9.17, 15) is 4.79 Å². The molecule has 0 bridgehead atoms. The molecule has 2 aromatic rings. The van der Waals surface area contributed by atoms with Crippen LogP contribution in [0.2, 0.25) is 0 Å². The maximum absolute atomic E-state index is 11.2.